The highest BCUT2D eigenvalue weighted by Crippen LogP contribution is 2.30. The molecule has 0 unspecified atom stereocenters. The fourth-order valence-corrected chi connectivity index (χ4v) is 5.03. The molecule has 2 heterocycles. The Hall–Kier alpha value is -3.20. The maximum absolute atomic E-state index is 14.7. The van der Waals surface area contributed by atoms with Gasteiger partial charge in [0.2, 0.25) is 0 Å². The van der Waals surface area contributed by atoms with Crippen LogP contribution in [0.25, 0.3) is 16.6 Å². The Bertz CT molecular complexity index is 1440. The zero-order valence-electron chi connectivity index (χ0n) is 18.3. The second-order valence-electron chi connectivity index (χ2n) is 8.77. The molecule has 0 spiro atoms. The van der Waals surface area contributed by atoms with E-state index >= 15 is 0 Å². The molecule has 0 amide bonds. The maximum Gasteiger partial charge on any atom is 0.282 e. The first-order chi connectivity index (χ1) is 15.5. The molecule has 0 N–H and O–H groups in total. The van der Waals surface area contributed by atoms with Gasteiger partial charge in [0, 0.05) is 11.6 Å². The van der Waals surface area contributed by atoms with Gasteiger partial charge < -0.3 is 0 Å². The van der Waals surface area contributed by atoms with Crippen molar-refractivity contribution in [3.63, 3.8) is 0 Å². The summed E-state index contributed by atoms with van der Waals surface area (Å²) in [5.41, 5.74) is 0.413. The molecular weight excluding hydrogens is 451 g/mol. The summed E-state index contributed by atoms with van der Waals surface area (Å²) in [4.78, 5) is 4.03. The van der Waals surface area contributed by atoms with Gasteiger partial charge in [-0.2, -0.15) is 5.10 Å². The molecule has 0 aliphatic rings. The van der Waals surface area contributed by atoms with Gasteiger partial charge in [-0.3, -0.25) is 4.98 Å². The van der Waals surface area contributed by atoms with E-state index in [9.17, 15) is 21.6 Å². The smallest absolute Gasteiger partial charge is 0.256 e. The number of hydrogen-bond donors (Lipinski definition) is 0. The van der Waals surface area contributed by atoms with Crippen LogP contribution in [0.1, 0.15) is 44.1 Å². The Kier molecular flexibility index (Phi) is 5.78. The number of sulfone groups is 1. The average Bonchev–Trinajstić information content (AvgIpc) is 3.15. The van der Waals surface area contributed by atoms with Gasteiger partial charge in [-0.15, -0.1) is 0 Å². The number of fused-ring (bicyclic) bond motifs is 1. The summed E-state index contributed by atoms with van der Waals surface area (Å²) in [6, 6.07) is 13.4. The van der Waals surface area contributed by atoms with Crippen molar-refractivity contribution >= 4 is 20.7 Å². The van der Waals surface area contributed by atoms with Crippen molar-refractivity contribution in [2.75, 3.05) is 0 Å². The number of pyridine rings is 1. The van der Waals surface area contributed by atoms with Crippen LogP contribution in [0.15, 0.2) is 65.7 Å². The summed E-state index contributed by atoms with van der Waals surface area (Å²) < 4.78 is 69.1. The first-order valence-electron chi connectivity index (χ1n) is 10.2. The molecule has 172 valence electrons. The second kappa shape index (κ2) is 8.30. The van der Waals surface area contributed by atoms with Crippen molar-refractivity contribution in [3.05, 3.63) is 83.6 Å². The molecule has 0 fully saturated rings. The van der Waals surface area contributed by atoms with E-state index in [1.807, 2.05) is 20.8 Å². The Labute approximate surface area is 189 Å². The van der Waals surface area contributed by atoms with Gasteiger partial charge in [0.15, 0.2) is 9.84 Å². The van der Waals surface area contributed by atoms with Crippen LogP contribution in [0, 0.1) is 5.82 Å². The van der Waals surface area contributed by atoms with E-state index in [-0.39, 0.29) is 10.6 Å². The minimum Gasteiger partial charge on any atom is -0.256 e. The standard InChI is InChI=1S/C24H22F3N3O2S/c1-24(2,3)18-10-9-16(13-19(18)25)33(31,32)14-15-12-21(23(26)27)29-30(15)22-8-4-7-20-17(22)6-5-11-28-20/h4-13,23H,14H2,1-3H3. The lowest BCUT2D eigenvalue weighted by molar-refractivity contribution is 0.145. The van der Waals surface area contributed by atoms with E-state index in [4.69, 9.17) is 0 Å². The van der Waals surface area contributed by atoms with E-state index in [0.29, 0.717) is 22.2 Å². The van der Waals surface area contributed by atoms with Crippen LogP contribution < -0.4 is 0 Å². The van der Waals surface area contributed by atoms with Crippen LogP contribution in [0.2, 0.25) is 0 Å². The number of hydrogen-bond acceptors (Lipinski definition) is 4. The number of benzene rings is 2. The Morgan fingerprint density at radius 1 is 1.03 bits per heavy atom. The third-order valence-electron chi connectivity index (χ3n) is 5.32. The molecule has 9 heteroatoms. The van der Waals surface area contributed by atoms with Crippen LogP contribution >= 0.6 is 0 Å². The summed E-state index contributed by atoms with van der Waals surface area (Å²) in [6.07, 6.45) is -1.29. The lowest BCUT2D eigenvalue weighted by Gasteiger charge is -2.20. The summed E-state index contributed by atoms with van der Waals surface area (Å²) >= 11 is 0. The molecule has 0 bridgehead atoms. The fraction of sp³-hybridized carbons (Fsp3) is 0.250. The highest BCUT2D eigenvalue weighted by atomic mass is 32.2. The predicted octanol–water partition coefficient (Wildman–Crippen LogP) is 5.77. The number of rotatable bonds is 5. The second-order valence-corrected chi connectivity index (χ2v) is 10.8. The van der Waals surface area contributed by atoms with Gasteiger partial charge in [-0.1, -0.05) is 32.9 Å². The minimum atomic E-state index is -4.06. The molecule has 0 atom stereocenters. The summed E-state index contributed by atoms with van der Waals surface area (Å²) in [5.74, 6) is -1.26. The van der Waals surface area contributed by atoms with Crippen molar-refractivity contribution in [1.82, 2.24) is 14.8 Å². The zero-order chi connectivity index (χ0) is 24.0. The highest BCUT2D eigenvalue weighted by molar-refractivity contribution is 7.90. The van der Waals surface area contributed by atoms with Crippen LogP contribution in [0.5, 0.6) is 0 Å². The van der Waals surface area contributed by atoms with Crippen molar-refractivity contribution in [3.8, 4) is 5.69 Å². The van der Waals surface area contributed by atoms with E-state index in [1.54, 1.807) is 36.5 Å². The van der Waals surface area contributed by atoms with Gasteiger partial charge in [-0.05, 0) is 53.4 Å². The Balaban J connectivity index is 1.81. The predicted molar refractivity (Wildman–Crippen MR) is 120 cm³/mol. The van der Waals surface area contributed by atoms with Gasteiger partial charge in [0.25, 0.3) is 6.43 Å². The summed E-state index contributed by atoms with van der Waals surface area (Å²) in [5, 5.41) is 4.60. The fourth-order valence-electron chi connectivity index (χ4n) is 3.71. The third kappa shape index (κ3) is 4.50. The van der Waals surface area contributed by atoms with E-state index in [1.165, 1.54) is 16.8 Å². The number of halogens is 3. The molecule has 2 aromatic carbocycles. The first-order valence-corrected chi connectivity index (χ1v) is 11.9. The molecule has 2 aromatic heterocycles. The largest absolute Gasteiger partial charge is 0.282 e. The molecule has 0 radical (unpaired) electrons. The van der Waals surface area contributed by atoms with Crippen molar-refractivity contribution in [2.24, 2.45) is 0 Å². The summed E-state index contributed by atoms with van der Waals surface area (Å²) in [7, 11) is -4.06. The molecule has 4 aromatic rings. The van der Waals surface area contributed by atoms with Crippen LogP contribution in [0.3, 0.4) is 0 Å². The molecule has 33 heavy (non-hydrogen) atoms. The van der Waals surface area contributed by atoms with Gasteiger partial charge >= 0.3 is 0 Å². The van der Waals surface area contributed by atoms with Gasteiger partial charge in [0.1, 0.15) is 11.5 Å². The van der Waals surface area contributed by atoms with E-state index < -0.39 is 38.9 Å². The lowest BCUT2D eigenvalue weighted by Crippen LogP contribution is -2.15. The molecular formula is C24H22F3N3O2S. The van der Waals surface area contributed by atoms with Crippen molar-refractivity contribution < 1.29 is 21.6 Å². The van der Waals surface area contributed by atoms with Crippen LogP contribution in [-0.4, -0.2) is 23.2 Å². The molecule has 0 aliphatic heterocycles. The number of nitrogens with zero attached hydrogens (tertiary/aromatic N) is 3. The number of aromatic nitrogens is 3. The first kappa shape index (κ1) is 23.0. The summed E-state index contributed by atoms with van der Waals surface area (Å²) in [6.45, 7) is 5.47. The molecule has 0 aliphatic carbocycles. The molecule has 4 rings (SSSR count). The maximum atomic E-state index is 14.7. The average molecular weight is 474 g/mol. The normalized spacial score (nSPS) is 12.6. The Morgan fingerprint density at radius 3 is 2.45 bits per heavy atom. The SMILES string of the molecule is CC(C)(C)c1ccc(S(=O)(=O)Cc2cc(C(F)F)nn2-c2cccc3ncccc23)cc1F. The van der Waals surface area contributed by atoms with Crippen molar-refractivity contribution in [1.29, 1.82) is 0 Å². The molecule has 0 saturated heterocycles. The number of alkyl halides is 2. The third-order valence-corrected chi connectivity index (χ3v) is 6.97. The van der Waals surface area contributed by atoms with Gasteiger partial charge in [-0.25, -0.2) is 26.3 Å². The minimum absolute atomic E-state index is 0.0435. The van der Waals surface area contributed by atoms with Crippen LogP contribution in [0.4, 0.5) is 13.2 Å². The highest BCUT2D eigenvalue weighted by Gasteiger charge is 2.26. The Morgan fingerprint density at radius 2 is 1.79 bits per heavy atom. The quantitative estimate of drug-likeness (QED) is 0.369. The van der Waals surface area contributed by atoms with E-state index in [2.05, 4.69) is 10.1 Å². The topological polar surface area (TPSA) is 64.8 Å². The van der Waals surface area contributed by atoms with Crippen molar-refractivity contribution in [2.45, 2.75) is 43.3 Å². The van der Waals surface area contributed by atoms with E-state index in [0.717, 1.165) is 12.1 Å². The zero-order valence-corrected chi connectivity index (χ0v) is 19.1. The van der Waals surface area contributed by atoms with Crippen LogP contribution in [-0.2, 0) is 21.0 Å². The van der Waals surface area contributed by atoms with Gasteiger partial charge in [0.05, 0.1) is 27.5 Å². The molecule has 0 saturated carbocycles. The lowest BCUT2D eigenvalue weighted by atomic mass is 9.87. The molecule has 5 nitrogen and oxygen atoms in total. The monoisotopic (exact) mass is 473 g/mol.